The number of ether oxygens (including phenoxy) is 2. The first-order valence-electron chi connectivity index (χ1n) is 11.5. The number of carbonyl (C=O) groups is 3. The first kappa shape index (κ1) is 25.1. The smallest absolute Gasteiger partial charge is 0.328 e. The van der Waals surface area contributed by atoms with Crippen molar-refractivity contribution >= 4 is 29.2 Å². The molecule has 2 aromatic rings. The van der Waals surface area contributed by atoms with Gasteiger partial charge < -0.3 is 25.4 Å². The van der Waals surface area contributed by atoms with Gasteiger partial charge in [0.15, 0.2) is 0 Å². The van der Waals surface area contributed by atoms with Gasteiger partial charge in [-0.2, -0.15) is 0 Å². The molecule has 34 heavy (non-hydrogen) atoms. The van der Waals surface area contributed by atoms with Crippen LogP contribution in [0.2, 0.25) is 0 Å². The summed E-state index contributed by atoms with van der Waals surface area (Å²) in [4.78, 5) is 40.4. The fraction of sp³-hybridized carbons (Fsp3) is 0.423. The Morgan fingerprint density at radius 3 is 2.50 bits per heavy atom. The number of nitrogens with one attached hydrogen (secondary N) is 1. The van der Waals surface area contributed by atoms with Crippen LogP contribution in [-0.4, -0.2) is 43.6 Å². The third kappa shape index (κ3) is 5.87. The zero-order valence-corrected chi connectivity index (χ0v) is 20.1. The Balaban J connectivity index is 1.82. The first-order chi connectivity index (χ1) is 16.2. The summed E-state index contributed by atoms with van der Waals surface area (Å²) in [7, 11) is 1.29. The van der Waals surface area contributed by atoms with Gasteiger partial charge >= 0.3 is 5.97 Å². The number of nitrogens with two attached hydrogens (primary N) is 1. The van der Waals surface area contributed by atoms with Crippen molar-refractivity contribution in [1.82, 2.24) is 5.32 Å². The van der Waals surface area contributed by atoms with E-state index in [1.54, 1.807) is 25.1 Å². The van der Waals surface area contributed by atoms with Crippen molar-refractivity contribution in [1.29, 1.82) is 0 Å². The molecule has 3 atom stereocenters. The van der Waals surface area contributed by atoms with Gasteiger partial charge in [-0.25, -0.2) is 4.79 Å². The summed E-state index contributed by atoms with van der Waals surface area (Å²) in [6, 6.07) is 12.8. The van der Waals surface area contributed by atoms with Gasteiger partial charge in [-0.05, 0) is 49.6 Å². The third-order valence-electron chi connectivity index (χ3n) is 5.91. The summed E-state index contributed by atoms with van der Waals surface area (Å²) < 4.78 is 10.6. The molecule has 8 nitrogen and oxygen atoms in total. The Labute approximate surface area is 200 Å². The minimum Gasteiger partial charge on any atom is -0.493 e. The van der Waals surface area contributed by atoms with E-state index in [4.69, 9.17) is 15.2 Å². The highest BCUT2D eigenvalue weighted by Crippen LogP contribution is 2.37. The van der Waals surface area contributed by atoms with Gasteiger partial charge in [-0.3, -0.25) is 9.59 Å². The molecule has 2 aromatic carbocycles. The molecule has 0 saturated carbocycles. The van der Waals surface area contributed by atoms with E-state index in [2.05, 4.69) is 5.32 Å². The minimum atomic E-state index is -0.850. The van der Waals surface area contributed by atoms with Gasteiger partial charge in [0.1, 0.15) is 17.8 Å². The lowest BCUT2D eigenvalue weighted by Gasteiger charge is -2.30. The van der Waals surface area contributed by atoms with Crippen LogP contribution in [0.5, 0.6) is 5.75 Å². The number of nitrogen functional groups attached to an aromatic ring is 1. The molecule has 1 heterocycles. The molecular formula is C26H33N3O5. The molecule has 2 amide bonds. The van der Waals surface area contributed by atoms with E-state index in [9.17, 15) is 14.4 Å². The summed E-state index contributed by atoms with van der Waals surface area (Å²) >= 11 is 0. The second kappa shape index (κ2) is 11.0. The van der Waals surface area contributed by atoms with E-state index in [1.165, 1.54) is 12.0 Å². The second-order valence-corrected chi connectivity index (χ2v) is 9.00. The SMILES string of the molecule is COC(=O)[C@H](CC(C)C)NC(=O)[C@H](C)N(C(=O)CC1COc2ccc(N)cc21)c1ccccc1. The fourth-order valence-corrected chi connectivity index (χ4v) is 4.19. The molecule has 8 heteroatoms. The average Bonchev–Trinajstić information content (AvgIpc) is 3.20. The molecule has 3 N–H and O–H groups in total. The average molecular weight is 468 g/mol. The molecule has 3 rings (SSSR count). The molecule has 0 fully saturated rings. The number of rotatable bonds is 9. The third-order valence-corrected chi connectivity index (χ3v) is 5.91. The minimum absolute atomic E-state index is 0.148. The lowest BCUT2D eigenvalue weighted by molar-refractivity contribution is -0.145. The lowest BCUT2D eigenvalue weighted by atomic mass is 9.96. The van der Waals surface area contributed by atoms with Gasteiger partial charge in [0.05, 0.1) is 13.7 Å². The Morgan fingerprint density at radius 1 is 1.15 bits per heavy atom. The van der Waals surface area contributed by atoms with Crippen LogP contribution >= 0.6 is 0 Å². The number of para-hydroxylation sites is 1. The highest BCUT2D eigenvalue weighted by atomic mass is 16.5. The number of nitrogens with zero attached hydrogens (tertiary/aromatic N) is 1. The number of hydrogen-bond acceptors (Lipinski definition) is 6. The molecule has 0 saturated heterocycles. The van der Waals surface area contributed by atoms with Crippen LogP contribution in [0.1, 0.15) is 45.1 Å². The van der Waals surface area contributed by atoms with Crippen molar-refractivity contribution < 1.29 is 23.9 Å². The summed E-state index contributed by atoms with van der Waals surface area (Å²) in [6.45, 7) is 5.94. The molecule has 0 aromatic heterocycles. The van der Waals surface area contributed by atoms with E-state index in [-0.39, 0.29) is 24.2 Å². The lowest BCUT2D eigenvalue weighted by Crippen LogP contribution is -2.53. The van der Waals surface area contributed by atoms with Crippen molar-refractivity contribution in [3.05, 3.63) is 54.1 Å². The number of anilines is 2. The van der Waals surface area contributed by atoms with Gasteiger partial charge in [0, 0.05) is 29.3 Å². The fourth-order valence-electron chi connectivity index (χ4n) is 4.19. The predicted molar refractivity (Wildman–Crippen MR) is 130 cm³/mol. The highest BCUT2D eigenvalue weighted by molar-refractivity contribution is 6.01. The Kier molecular flexibility index (Phi) is 8.15. The summed E-state index contributed by atoms with van der Waals surface area (Å²) in [5, 5.41) is 2.77. The van der Waals surface area contributed by atoms with Crippen LogP contribution in [0.3, 0.4) is 0 Å². The Bertz CT molecular complexity index is 1020. The van der Waals surface area contributed by atoms with Gasteiger partial charge in [0.25, 0.3) is 0 Å². The molecule has 182 valence electrons. The van der Waals surface area contributed by atoms with Crippen LogP contribution < -0.4 is 20.7 Å². The monoisotopic (exact) mass is 467 g/mol. The van der Waals surface area contributed by atoms with Crippen LogP contribution in [0, 0.1) is 5.92 Å². The largest absolute Gasteiger partial charge is 0.493 e. The van der Waals surface area contributed by atoms with Gasteiger partial charge in [-0.1, -0.05) is 32.0 Å². The molecule has 0 spiro atoms. The number of fused-ring (bicyclic) bond motifs is 1. The van der Waals surface area contributed by atoms with Crippen molar-refractivity contribution in [2.45, 2.75) is 51.6 Å². The van der Waals surface area contributed by atoms with E-state index in [1.807, 2.05) is 44.2 Å². The summed E-state index contributed by atoms with van der Waals surface area (Å²) in [5.74, 6) is -0.447. The number of hydrogen-bond donors (Lipinski definition) is 2. The molecule has 1 unspecified atom stereocenters. The molecule has 1 aliphatic heterocycles. The van der Waals surface area contributed by atoms with Crippen LogP contribution in [-0.2, 0) is 19.1 Å². The number of benzene rings is 2. The maximum atomic E-state index is 13.6. The van der Waals surface area contributed by atoms with Crippen molar-refractivity contribution in [3.8, 4) is 5.75 Å². The number of carbonyl (C=O) groups excluding carboxylic acids is 3. The van der Waals surface area contributed by atoms with Crippen molar-refractivity contribution in [2.75, 3.05) is 24.4 Å². The second-order valence-electron chi connectivity index (χ2n) is 9.00. The van der Waals surface area contributed by atoms with E-state index >= 15 is 0 Å². The number of methoxy groups -OCH3 is 1. The summed E-state index contributed by atoms with van der Waals surface area (Å²) in [6.07, 6.45) is 0.581. The van der Waals surface area contributed by atoms with Crippen LogP contribution in [0.4, 0.5) is 11.4 Å². The van der Waals surface area contributed by atoms with E-state index < -0.39 is 24.0 Å². The van der Waals surface area contributed by atoms with Crippen LogP contribution in [0.25, 0.3) is 0 Å². The van der Waals surface area contributed by atoms with Gasteiger partial charge in [0.2, 0.25) is 11.8 Å². The normalized spacial score (nSPS) is 16.2. The van der Waals surface area contributed by atoms with Crippen LogP contribution in [0.15, 0.2) is 48.5 Å². The maximum absolute atomic E-state index is 13.6. The predicted octanol–water partition coefficient (Wildman–Crippen LogP) is 3.26. The number of esters is 1. The molecule has 0 bridgehead atoms. The molecule has 0 radical (unpaired) electrons. The highest BCUT2D eigenvalue weighted by Gasteiger charge is 2.34. The molecule has 1 aliphatic rings. The molecular weight excluding hydrogens is 434 g/mol. The topological polar surface area (TPSA) is 111 Å². The Hall–Kier alpha value is -3.55. The maximum Gasteiger partial charge on any atom is 0.328 e. The first-order valence-corrected chi connectivity index (χ1v) is 11.5. The zero-order chi connectivity index (χ0) is 24.8. The van der Waals surface area contributed by atoms with Crippen molar-refractivity contribution in [3.63, 3.8) is 0 Å². The standard InChI is InChI=1S/C26H33N3O5/c1-16(2)12-22(26(32)33-4)28-25(31)17(3)29(20-8-6-5-7-9-20)24(30)13-18-15-34-23-11-10-19(27)14-21(18)23/h5-11,14,16-18,22H,12-13,15,27H2,1-4H3,(H,28,31)/t17-,18?,22-/m0/s1. The summed E-state index contributed by atoms with van der Waals surface area (Å²) in [5.41, 5.74) is 8.03. The Morgan fingerprint density at radius 2 is 1.85 bits per heavy atom. The number of amides is 2. The quantitative estimate of drug-likeness (QED) is 0.433. The van der Waals surface area contributed by atoms with E-state index in [0.717, 1.165) is 11.3 Å². The molecule has 0 aliphatic carbocycles. The zero-order valence-electron chi connectivity index (χ0n) is 20.1. The van der Waals surface area contributed by atoms with E-state index in [0.29, 0.717) is 24.4 Å². The van der Waals surface area contributed by atoms with Gasteiger partial charge in [-0.15, -0.1) is 0 Å². The van der Waals surface area contributed by atoms with Crippen molar-refractivity contribution in [2.24, 2.45) is 5.92 Å².